The van der Waals surface area contributed by atoms with Gasteiger partial charge in [0.1, 0.15) is 5.44 Å². The molecule has 5 heteroatoms. The smallest absolute Gasteiger partial charge is 0.307 e. The molecule has 2 rings (SSSR count). The lowest BCUT2D eigenvalue weighted by Crippen LogP contribution is -2.31. The lowest BCUT2D eigenvalue weighted by molar-refractivity contribution is -0.152. The lowest BCUT2D eigenvalue weighted by atomic mass is 9.80. The first-order chi connectivity index (χ1) is 9.08. The Morgan fingerprint density at radius 3 is 2.79 bits per heavy atom. The Hall–Kier alpha value is -0.710. The van der Waals surface area contributed by atoms with Crippen LogP contribution >= 0.6 is 11.8 Å². The quantitative estimate of drug-likeness (QED) is 0.744. The Morgan fingerprint density at radius 1 is 1.37 bits per heavy atom. The van der Waals surface area contributed by atoms with Crippen molar-refractivity contribution in [2.75, 3.05) is 12.9 Å². The normalized spacial score (nSPS) is 33.5. The summed E-state index contributed by atoms with van der Waals surface area (Å²) in [5.41, 5.74) is 0.0163. The fourth-order valence-electron chi connectivity index (χ4n) is 2.98. The molecule has 2 aliphatic rings. The van der Waals surface area contributed by atoms with E-state index in [0.29, 0.717) is 37.2 Å². The first-order valence-corrected chi connectivity index (χ1v) is 8.25. The van der Waals surface area contributed by atoms with Gasteiger partial charge in [-0.15, -0.1) is 11.8 Å². The number of ether oxygens (including phenoxy) is 2. The van der Waals surface area contributed by atoms with Crippen molar-refractivity contribution in [3.05, 3.63) is 0 Å². The minimum absolute atomic E-state index is 0.0163. The summed E-state index contributed by atoms with van der Waals surface area (Å²) >= 11 is 1.60. The molecule has 0 aromatic carbocycles. The molecule has 0 radical (unpaired) electrons. The summed E-state index contributed by atoms with van der Waals surface area (Å²) in [6.07, 6.45) is 5.94. The average molecular weight is 286 g/mol. The van der Waals surface area contributed by atoms with E-state index in [1.165, 1.54) is 0 Å². The maximum Gasteiger partial charge on any atom is 0.307 e. The Bertz CT molecular complexity index is 334. The second-order valence-corrected chi connectivity index (χ2v) is 6.65. The van der Waals surface area contributed by atoms with Gasteiger partial charge in [-0.25, -0.2) is 0 Å². The molecular formula is C14H22O4S. The molecule has 2 saturated heterocycles. The number of carbonyl (C=O) groups excluding carboxylic acids is 2. The van der Waals surface area contributed by atoms with E-state index in [1.54, 1.807) is 11.8 Å². The van der Waals surface area contributed by atoms with Crippen LogP contribution < -0.4 is 0 Å². The van der Waals surface area contributed by atoms with Crippen LogP contribution in [0.25, 0.3) is 0 Å². The zero-order chi connectivity index (χ0) is 13.8. The van der Waals surface area contributed by atoms with Crippen LogP contribution in [0.15, 0.2) is 0 Å². The Kier molecular flexibility index (Phi) is 5.13. The van der Waals surface area contributed by atoms with E-state index in [1.807, 2.05) is 6.26 Å². The van der Waals surface area contributed by atoms with E-state index >= 15 is 0 Å². The minimum atomic E-state index is -0.0767. The predicted octanol–water partition coefficient (Wildman–Crippen LogP) is 2.61. The van der Waals surface area contributed by atoms with E-state index in [-0.39, 0.29) is 17.4 Å². The highest BCUT2D eigenvalue weighted by atomic mass is 32.2. The maximum atomic E-state index is 11.5. The molecule has 4 nitrogen and oxygen atoms in total. The van der Waals surface area contributed by atoms with Gasteiger partial charge in [0, 0.05) is 12.8 Å². The van der Waals surface area contributed by atoms with E-state index < -0.39 is 0 Å². The summed E-state index contributed by atoms with van der Waals surface area (Å²) in [6, 6.07) is 0. The predicted molar refractivity (Wildman–Crippen MR) is 73.6 cm³/mol. The van der Waals surface area contributed by atoms with Gasteiger partial charge in [-0.1, -0.05) is 6.92 Å². The third-order valence-electron chi connectivity index (χ3n) is 4.19. The van der Waals surface area contributed by atoms with Crippen LogP contribution in [-0.2, 0) is 19.1 Å². The summed E-state index contributed by atoms with van der Waals surface area (Å²) in [7, 11) is 0. The van der Waals surface area contributed by atoms with Crippen molar-refractivity contribution in [2.24, 2.45) is 17.8 Å². The molecule has 0 aromatic rings. The molecule has 2 aliphatic heterocycles. The van der Waals surface area contributed by atoms with E-state index in [4.69, 9.17) is 9.47 Å². The third kappa shape index (κ3) is 4.13. The first-order valence-electron chi connectivity index (χ1n) is 6.96. The van der Waals surface area contributed by atoms with E-state index in [2.05, 4.69) is 6.92 Å². The summed E-state index contributed by atoms with van der Waals surface area (Å²) < 4.78 is 10.4. The lowest BCUT2D eigenvalue weighted by Gasteiger charge is -2.33. The van der Waals surface area contributed by atoms with E-state index in [9.17, 15) is 9.59 Å². The largest absolute Gasteiger partial charge is 0.465 e. The van der Waals surface area contributed by atoms with Gasteiger partial charge in [-0.05, 0) is 43.3 Å². The van der Waals surface area contributed by atoms with Gasteiger partial charge < -0.3 is 9.47 Å². The first kappa shape index (κ1) is 14.7. The van der Waals surface area contributed by atoms with Crippen LogP contribution in [0, 0.1) is 17.8 Å². The third-order valence-corrected chi connectivity index (χ3v) is 5.01. The summed E-state index contributed by atoms with van der Waals surface area (Å²) in [6.45, 7) is 2.75. The van der Waals surface area contributed by atoms with Crippen molar-refractivity contribution in [2.45, 2.75) is 44.5 Å². The molecule has 0 saturated carbocycles. The van der Waals surface area contributed by atoms with Gasteiger partial charge in [0.2, 0.25) is 0 Å². The second-order valence-electron chi connectivity index (χ2n) is 5.66. The zero-order valence-corrected chi connectivity index (χ0v) is 12.4. The number of rotatable bonds is 4. The standard InChI is InChI=1S/C14H22O4S/c1-9(11-3-4-12(15)17-8-11)5-10-6-13(16)18-14(7-10)19-2/h9-11,14H,3-8H2,1-2H3. The second kappa shape index (κ2) is 6.64. The highest BCUT2D eigenvalue weighted by Gasteiger charge is 2.32. The Balaban J connectivity index is 1.82. The SMILES string of the molecule is CSC1CC(CC(C)C2CCC(=O)OC2)CC(=O)O1. The average Bonchev–Trinajstić information content (AvgIpc) is 2.38. The highest BCUT2D eigenvalue weighted by Crippen LogP contribution is 2.35. The van der Waals surface area contributed by atoms with Crippen LogP contribution in [0.1, 0.15) is 39.0 Å². The van der Waals surface area contributed by atoms with Crippen LogP contribution in [-0.4, -0.2) is 30.2 Å². The van der Waals surface area contributed by atoms with Crippen LogP contribution in [0.4, 0.5) is 0 Å². The summed E-state index contributed by atoms with van der Waals surface area (Å²) in [5, 5.41) is 0. The molecule has 0 aliphatic carbocycles. The molecule has 2 fully saturated rings. The molecule has 108 valence electrons. The topological polar surface area (TPSA) is 52.6 Å². The van der Waals surface area contributed by atoms with Crippen molar-refractivity contribution in [1.82, 2.24) is 0 Å². The monoisotopic (exact) mass is 286 g/mol. The summed E-state index contributed by atoms with van der Waals surface area (Å²) in [4.78, 5) is 22.6. The van der Waals surface area contributed by atoms with Gasteiger partial charge >= 0.3 is 11.9 Å². The maximum absolute atomic E-state index is 11.5. The van der Waals surface area contributed by atoms with Crippen molar-refractivity contribution in [3.63, 3.8) is 0 Å². The highest BCUT2D eigenvalue weighted by molar-refractivity contribution is 7.99. The number of carbonyl (C=O) groups is 2. The van der Waals surface area contributed by atoms with Crippen LogP contribution in [0.5, 0.6) is 0 Å². The molecule has 4 atom stereocenters. The fourth-order valence-corrected chi connectivity index (χ4v) is 3.65. The molecule has 19 heavy (non-hydrogen) atoms. The van der Waals surface area contributed by atoms with E-state index in [0.717, 1.165) is 19.3 Å². The number of hydrogen-bond acceptors (Lipinski definition) is 5. The van der Waals surface area contributed by atoms with Gasteiger partial charge in [0.05, 0.1) is 6.61 Å². The Labute approximate surface area is 118 Å². The molecule has 0 spiro atoms. The Morgan fingerprint density at radius 2 is 2.16 bits per heavy atom. The molecule has 0 aromatic heterocycles. The molecule has 4 unspecified atom stereocenters. The zero-order valence-electron chi connectivity index (χ0n) is 11.6. The fraction of sp³-hybridized carbons (Fsp3) is 0.857. The van der Waals surface area contributed by atoms with Gasteiger partial charge in [0.15, 0.2) is 0 Å². The van der Waals surface area contributed by atoms with Gasteiger partial charge in [0.25, 0.3) is 0 Å². The number of hydrogen-bond donors (Lipinski definition) is 0. The van der Waals surface area contributed by atoms with Gasteiger partial charge in [-0.2, -0.15) is 0 Å². The molecular weight excluding hydrogens is 264 g/mol. The van der Waals surface area contributed by atoms with Crippen molar-refractivity contribution in [1.29, 1.82) is 0 Å². The van der Waals surface area contributed by atoms with Crippen molar-refractivity contribution >= 4 is 23.7 Å². The molecule has 0 N–H and O–H groups in total. The number of thioether (sulfide) groups is 1. The van der Waals surface area contributed by atoms with Crippen molar-refractivity contribution < 1.29 is 19.1 Å². The van der Waals surface area contributed by atoms with Crippen LogP contribution in [0.3, 0.4) is 0 Å². The molecule has 0 bridgehead atoms. The molecule has 2 heterocycles. The number of esters is 2. The number of cyclic esters (lactones) is 2. The van der Waals surface area contributed by atoms with Gasteiger partial charge in [-0.3, -0.25) is 9.59 Å². The summed E-state index contributed by atoms with van der Waals surface area (Å²) in [5.74, 6) is 1.20. The van der Waals surface area contributed by atoms with Crippen LogP contribution in [0.2, 0.25) is 0 Å². The minimum Gasteiger partial charge on any atom is -0.465 e. The molecule has 0 amide bonds. The van der Waals surface area contributed by atoms with Crippen molar-refractivity contribution in [3.8, 4) is 0 Å².